The number of nitrogens with zero attached hydrogens (tertiary/aromatic N) is 3. The van der Waals surface area contributed by atoms with Gasteiger partial charge in [0.25, 0.3) is 0 Å². The second kappa shape index (κ2) is 11.8. The number of furan rings is 1. The maximum Gasteiger partial charge on any atom is 0.203 e. The first-order chi connectivity index (χ1) is 18.8. The molecule has 0 spiro atoms. The first kappa shape index (κ1) is 26.6. The fraction of sp³-hybridized carbons (Fsp3) is 0.241. The van der Waals surface area contributed by atoms with Gasteiger partial charge in [-0.3, -0.25) is 14.9 Å². The van der Waals surface area contributed by atoms with Crippen molar-refractivity contribution in [1.82, 2.24) is 5.32 Å². The van der Waals surface area contributed by atoms with E-state index in [1.165, 1.54) is 18.4 Å². The number of rotatable bonds is 10. The molecule has 1 aromatic heterocycles. The average Bonchev–Trinajstić information content (AvgIpc) is 3.40. The summed E-state index contributed by atoms with van der Waals surface area (Å²) >= 11 is 0. The van der Waals surface area contributed by atoms with E-state index in [9.17, 15) is 12.8 Å². The minimum atomic E-state index is -3.00. The van der Waals surface area contributed by atoms with E-state index < -0.39 is 9.84 Å². The predicted octanol–water partition coefficient (Wildman–Crippen LogP) is 4.82. The Morgan fingerprint density at radius 3 is 2.69 bits per heavy atom. The fourth-order valence-corrected chi connectivity index (χ4v) is 4.65. The van der Waals surface area contributed by atoms with Crippen LogP contribution in [0.5, 0.6) is 5.75 Å². The Kier molecular flexibility index (Phi) is 8.04. The second-order valence-electron chi connectivity index (χ2n) is 9.36. The van der Waals surface area contributed by atoms with E-state index in [1.807, 2.05) is 66.0 Å². The Labute approximate surface area is 227 Å². The van der Waals surface area contributed by atoms with Crippen LogP contribution >= 0.6 is 0 Å². The normalized spacial score (nSPS) is 17.8. The maximum absolute atomic E-state index is 13.1. The lowest BCUT2D eigenvalue weighted by atomic mass is 9.92. The monoisotopic (exact) mass is 548 g/mol. The quantitative estimate of drug-likeness (QED) is 0.365. The number of hydrogen-bond acceptors (Lipinski definition) is 8. The van der Waals surface area contributed by atoms with E-state index in [0.717, 1.165) is 22.5 Å². The van der Waals surface area contributed by atoms with Gasteiger partial charge in [0.05, 0.1) is 30.2 Å². The van der Waals surface area contributed by atoms with E-state index in [4.69, 9.17) is 14.1 Å². The third kappa shape index (κ3) is 7.30. The molecule has 1 N–H and O–H groups in total. The molecule has 0 amide bonds. The number of hydrogen-bond donors (Lipinski definition) is 1. The third-order valence-corrected chi connectivity index (χ3v) is 7.15. The molecule has 1 atom stereocenters. The number of nitrogens with one attached hydrogen (secondary N) is 1. The Morgan fingerprint density at radius 2 is 1.92 bits per heavy atom. The number of aliphatic imine (C=N–C) groups is 2. The van der Waals surface area contributed by atoms with E-state index in [-0.39, 0.29) is 17.5 Å². The van der Waals surface area contributed by atoms with Crippen LogP contribution in [0, 0.1) is 11.7 Å². The lowest BCUT2D eigenvalue weighted by Gasteiger charge is -2.26. The lowest BCUT2D eigenvalue weighted by Crippen LogP contribution is -2.27. The minimum absolute atomic E-state index is 0.0270. The van der Waals surface area contributed by atoms with Gasteiger partial charge < -0.3 is 14.5 Å². The molecule has 0 radical (unpaired) electrons. The first-order valence-corrected chi connectivity index (χ1v) is 14.6. The van der Waals surface area contributed by atoms with Gasteiger partial charge >= 0.3 is 0 Å². The highest BCUT2D eigenvalue weighted by molar-refractivity contribution is 7.90. The summed E-state index contributed by atoms with van der Waals surface area (Å²) in [7, 11) is -3.00. The molecule has 0 fully saturated rings. The smallest absolute Gasteiger partial charge is 0.203 e. The molecule has 5 rings (SSSR count). The summed E-state index contributed by atoms with van der Waals surface area (Å²) in [6.07, 6.45) is 9.14. The zero-order chi connectivity index (χ0) is 27.2. The molecule has 3 aromatic rings. The van der Waals surface area contributed by atoms with E-state index in [1.54, 1.807) is 12.1 Å². The molecule has 2 aliphatic heterocycles. The maximum atomic E-state index is 13.1. The number of fused-ring (bicyclic) bond motifs is 1. The van der Waals surface area contributed by atoms with Crippen LogP contribution in [-0.2, 0) is 23.0 Å². The van der Waals surface area contributed by atoms with Gasteiger partial charge in [-0.25, -0.2) is 12.8 Å². The molecule has 1 unspecified atom stereocenters. The molecule has 3 heterocycles. The molecule has 0 aliphatic carbocycles. The van der Waals surface area contributed by atoms with Crippen molar-refractivity contribution in [2.75, 3.05) is 30.0 Å². The van der Waals surface area contributed by atoms with Gasteiger partial charge in [-0.05, 0) is 48.0 Å². The second-order valence-corrected chi connectivity index (χ2v) is 11.6. The molecule has 0 saturated carbocycles. The molecular formula is C29H29FN4O4S. The molecule has 0 bridgehead atoms. The molecule has 202 valence electrons. The predicted molar refractivity (Wildman–Crippen MR) is 151 cm³/mol. The van der Waals surface area contributed by atoms with Gasteiger partial charge in [0.1, 0.15) is 33.8 Å². The number of benzene rings is 2. The third-order valence-electron chi connectivity index (χ3n) is 6.20. The highest BCUT2D eigenvalue weighted by atomic mass is 32.2. The highest BCUT2D eigenvalue weighted by Crippen LogP contribution is 2.29. The van der Waals surface area contributed by atoms with Gasteiger partial charge in [-0.15, -0.1) is 0 Å². The van der Waals surface area contributed by atoms with Crippen molar-refractivity contribution in [3.05, 3.63) is 102 Å². The minimum Gasteiger partial charge on any atom is -0.489 e. The zero-order valence-electron chi connectivity index (χ0n) is 21.5. The Balaban J connectivity index is 1.24. The standard InChI is InChI=1S/C29H29FN4O4S/c1-39(35,36)15-13-31-17-26-10-11-29(38-26)34-14-12-22-16-32-18-28(27(22)19-34)33-24-6-8-25(9-7-24)37-20-21-2-4-23(30)5-3-21/h2-12,14,16,19,22,31H,13,15,17-18,20H2,1H3. The number of allylic oxidation sites excluding steroid dienone is 1. The highest BCUT2D eigenvalue weighted by Gasteiger charge is 2.24. The van der Waals surface area contributed by atoms with Crippen LogP contribution in [0.4, 0.5) is 16.0 Å². The summed E-state index contributed by atoms with van der Waals surface area (Å²) in [5.41, 5.74) is 3.58. The Morgan fingerprint density at radius 1 is 1.13 bits per heavy atom. The van der Waals surface area contributed by atoms with Crippen LogP contribution < -0.4 is 15.0 Å². The first-order valence-electron chi connectivity index (χ1n) is 12.5. The van der Waals surface area contributed by atoms with Gasteiger partial charge in [0.2, 0.25) is 5.88 Å². The zero-order valence-corrected chi connectivity index (χ0v) is 22.3. The van der Waals surface area contributed by atoms with Crippen LogP contribution in [0.15, 0.2) is 99.1 Å². The van der Waals surface area contributed by atoms with Crippen molar-refractivity contribution < 1.29 is 22.0 Å². The largest absolute Gasteiger partial charge is 0.489 e. The average molecular weight is 549 g/mol. The Hall–Kier alpha value is -4.02. The van der Waals surface area contributed by atoms with Crippen molar-refractivity contribution in [3.63, 3.8) is 0 Å². The van der Waals surface area contributed by atoms with Gasteiger partial charge in [-0.2, -0.15) is 0 Å². The molecule has 2 aliphatic rings. The number of anilines is 1. The van der Waals surface area contributed by atoms with Crippen molar-refractivity contribution in [1.29, 1.82) is 0 Å². The molecule has 8 nitrogen and oxygen atoms in total. The van der Waals surface area contributed by atoms with Crippen LogP contribution in [0.3, 0.4) is 0 Å². The van der Waals surface area contributed by atoms with Gasteiger partial charge in [0.15, 0.2) is 0 Å². The molecule has 10 heteroatoms. The summed E-state index contributed by atoms with van der Waals surface area (Å²) in [5, 5.41) is 3.09. The van der Waals surface area contributed by atoms with Crippen LogP contribution in [0.25, 0.3) is 0 Å². The molecule has 39 heavy (non-hydrogen) atoms. The topological polar surface area (TPSA) is 96.5 Å². The molecule has 2 aromatic carbocycles. The van der Waals surface area contributed by atoms with Gasteiger partial charge in [-0.1, -0.05) is 18.2 Å². The summed E-state index contributed by atoms with van der Waals surface area (Å²) in [5.74, 6) is 1.91. The Bertz CT molecular complexity index is 1520. The number of ether oxygens (including phenoxy) is 1. The number of sulfone groups is 1. The number of halogens is 1. The lowest BCUT2D eigenvalue weighted by molar-refractivity contribution is 0.306. The van der Waals surface area contributed by atoms with Crippen LogP contribution in [0.2, 0.25) is 0 Å². The van der Waals surface area contributed by atoms with Crippen LogP contribution in [-0.4, -0.2) is 45.4 Å². The van der Waals surface area contributed by atoms with Crippen molar-refractivity contribution in [2.45, 2.75) is 13.2 Å². The van der Waals surface area contributed by atoms with Crippen molar-refractivity contribution in [2.24, 2.45) is 15.9 Å². The van der Waals surface area contributed by atoms with E-state index in [2.05, 4.69) is 10.3 Å². The summed E-state index contributed by atoms with van der Waals surface area (Å²) in [6, 6.07) is 17.5. The summed E-state index contributed by atoms with van der Waals surface area (Å²) in [6.45, 7) is 1.63. The SMILES string of the molecule is CS(=O)(=O)CCNCc1ccc(N2C=CC3C=NCC(=Nc4ccc(OCc5ccc(F)cc5)cc4)C3=C2)o1. The fourth-order valence-electron chi connectivity index (χ4n) is 4.14. The van der Waals surface area contributed by atoms with E-state index >= 15 is 0 Å². The molecule has 0 saturated heterocycles. The summed E-state index contributed by atoms with van der Waals surface area (Å²) < 4.78 is 47.5. The van der Waals surface area contributed by atoms with Crippen molar-refractivity contribution >= 4 is 33.3 Å². The van der Waals surface area contributed by atoms with Crippen LogP contribution in [0.1, 0.15) is 11.3 Å². The van der Waals surface area contributed by atoms with E-state index in [0.29, 0.717) is 43.6 Å². The van der Waals surface area contributed by atoms with Gasteiger partial charge in [0, 0.05) is 49.0 Å². The van der Waals surface area contributed by atoms with Crippen molar-refractivity contribution in [3.8, 4) is 5.75 Å². The summed E-state index contributed by atoms with van der Waals surface area (Å²) in [4.78, 5) is 11.3. The molecular weight excluding hydrogens is 519 g/mol.